The van der Waals surface area contributed by atoms with E-state index in [9.17, 15) is 0 Å². The second kappa shape index (κ2) is 6.18. The number of benzene rings is 1. The van der Waals surface area contributed by atoms with Gasteiger partial charge in [0.2, 0.25) is 0 Å². The third-order valence-corrected chi connectivity index (χ3v) is 4.86. The quantitative estimate of drug-likeness (QED) is 0.748. The van der Waals surface area contributed by atoms with Gasteiger partial charge in [-0.3, -0.25) is 0 Å². The van der Waals surface area contributed by atoms with E-state index < -0.39 is 0 Å². The van der Waals surface area contributed by atoms with Crippen LogP contribution in [0, 0.1) is 5.92 Å². The van der Waals surface area contributed by atoms with Crippen molar-refractivity contribution in [1.82, 2.24) is 5.32 Å². The van der Waals surface area contributed by atoms with Crippen LogP contribution in [0.2, 0.25) is 0 Å². The maximum Gasteiger partial charge on any atom is 0.0320 e. The first-order valence-electron chi connectivity index (χ1n) is 5.90. The smallest absolute Gasteiger partial charge is 0.0320 e. The summed E-state index contributed by atoms with van der Waals surface area (Å²) in [6.45, 7) is 2.11. The predicted octanol–water partition coefficient (Wildman–Crippen LogP) is 4.49. The topological polar surface area (TPSA) is 12.0 Å². The molecule has 1 aliphatic carbocycles. The molecule has 16 heavy (non-hydrogen) atoms. The van der Waals surface area contributed by atoms with E-state index in [1.807, 2.05) is 0 Å². The molecule has 1 N–H and O–H groups in total. The molecule has 1 aliphatic rings. The van der Waals surface area contributed by atoms with E-state index in [0.29, 0.717) is 0 Å². The summed E-state index contributed by atoms with van der Waals surface area (Å²) in [4.78, 5) is 0. The van der Waals surface area contributed by atoms with Gasteiger partial charge in [0.05, 0.1) is 0 Å². The van der Waals surface area contributed by atoms with Gasteiger partial charge in [0.15, 0.2) is 0 Å². The molecule has 2 rings (SSSR count). The van der Waals surface area contributed by atoms with Crippen molar-refractivity contribution in [2.45, 2.75) is 32.2 Å². The van der Waals surface area contributed by atoms with Gasteiger partial charge in [-0.05, 0) is 74.9 Å². The van der Waals surface area contributed by atoms with Crippen molar-refractivity contribution < 1.29 is 0 Å². The van der Waals surface area contributed by atoms with Crippen LogP contribution in [0.4, 0.5) is 0 Å². The van der Waals surface area contributed by atoms with Crippen LogP contribution in [0.3, 0.4) is 0 Å². The molecule has 0 spiro atoms. The minimum Gasteiger partial charge on any atom is -0.313 e. The Labute approximate surface area is 114 Å². The second-order valence-corrected chi connectivity index (χ2v) is 6.22. The molecule has 0 amide bonds. The number of hydrogen-bond donors (Lipinski definition) is 1. The van der Waals surface area contributed by atoms with Crippen LogP contribution in [-0.2, 0) is 6.54 Å². The van der Waals surface area contributed by atoms with Crippen LogP contribution in [0.1, 0.15) is 31.2 Å². The van der Waals surface area contributed by atoms with Gasteiger partial charge >= 0.3 is 0 Å². The van der Waals surface area contributed by atoms with Crippen LogP contribution in [0.15, 0.2) is 27.1 Å². The van der Waals surface area contributed by atoms with E-state index in [-0.39, 0.29) is 0 Å². The molecule has 1 fully saturated rings. The second-order valence-electron chi connectivity index (χ2n) is 4.51. The molecule has 0 radical (unpaired) electrons. The summed E-state index contributed by atoms with van der Waals surface area (Å²) < 4.78 is 2.25. The first-order chi connectivity index (χ1) is 7.75. The molecule has 88 valence electrons. The Kier molecular flexibility index (Phi) is 4.86. The first-order valence-corrected chi connectivity index (χ1v) is 7.49. The van der Waals surface area contributed by atoms with E-state index >= 15 is 0 Å². The third kappa shape index (κ3) is 4.19. The minimum absolute atomic E-state index is 0.969. The van der Waals surface area contributed by atoms with E-state index in [1.165, 1.54) is 31.2 Å². The van der Waals surface area contributed by atoms with Gasteiger partial charge in [-0.15, -0.1) is 0 Å². The Hall–Kier alpha value is 0.140. The van der Waals surface area contributed by atoms with Crippen molar-refractivity contribution in [3.63, 3.8) is 0 Å². The fourth-order valence-corrected chi connectivity index (χ4v) is 2.48. The molecule has 0 aliphatic heterocycles. The lowest BCUT2D eigenvalue weighted by molar-refractivity contribution is 0.594. The molecule has 1 aromatic rings. The summed E-state index contributed by atoms with van der Waals surface area (Å²) in [6.07, 6.45) is 5.68. The van der Waals surface area contributed by atoms with Crippen molar-refractivity contribution in [2.75, 3.05) is 6.54 Å². The molecule has 0 heterocycles. The monoisotopic (exact) mass is 345 g/mol. The molecule has 0 aromatic heterocycles. The van der Waals surface area contributed by atoms with Crippen LogP contribution in [-0.4, -0.2) is 6.54 Å². The lowest BCUT2D eigenvalue weighted by Gasteiger charge is -2.06. The fourth-order valence-electron chi connectivity index (χ4n) is 1.80. The molecule has 1 saturated carbocycles. The van der Waals surface area contributed by atoms with Gasteiger partial charge in [-0.2, -0.15) is 0 Å². The average molecular weight is 347 g/mol. The molecular formula is C13H17Br2N. The van der Waals surface area contributed by atoms with Gasteiger partial charge in [0.1, 0.15) is 0 Å². The largest absolute Gasteiger partial charge is 0.313 e. The summed E-state index contributed by atoms with van der Waals surface area (Å²) in [6, 6.07) is 6.41. The van der Waals surface area contributed by atoms with Crippen molar-refractivity contribution in [2.24, 2.45) is 5.92 Å². The van der Waals surface area contributed by atoms with E-state index in [4.69, 9.17) is 0 Å². The molecule has 3 heteroatoms. The maximum atomic E-state index is 3.52. The standard InChI is InChI=1S/C13H17Br2N/c14-12-6-5-11(8-13(12)15)9-16-7-1-2-10-3-4-10/h5-6,8,10,16H,1-4,7,9H2. The highest BCUT2D eigenvalue weighted by molar-refractivity contribution is 9.13. The van der Waals surface area contributed by atoms with Crippen molar-refractivity contribution in [3.8, 4) is 0 Å². The van der Waals surface area contributed by atoms with E-state index in [0.717, 1.165) is 28.0 Å². The molecule has 0 bridgehead atoms. The lowest BCUT2D eigenvalue weighted by Crippen LogP contribution is -2.14. The van der Waals surface area contributed by atoms with Crippen LogP contribution in [0.5, 0.6) is 0 Å². The summed E-state index contributed by atoms with van der Waals surface area (Å²) >= 11 is 7.00. The third-order valence-electron chi connectivity index (χ3n) is 2.98. The van der Waals surface area contributed by atoms with Gasteiger partial charge in [-0.25, -0.2) is 0 Å². The normalized spacial score (nSPS) is 15.4. The van der Waals surface area contributed by atoms with Crippen molar-refractivity contribution >= 4 is 31.9 Å². The van der Waals surface area contributed by atoms with Crippen molar-refractivity contribution in [1.29, 1.82) is 0 Å². The molecule has 1 nitrogen and oxygen atoms in total. The molecular weight excluding hydrogens is 330 g/mol. The Morgan fingerprint density at radius 3 is 2.69 bits per heavy atom. The highest BCUT2D eigenvalue weighted by Gasteiger charge is 2.19. The number of hydrogen-bond acceptors (Lipinski definition) is 1. The zero-order chi connectivity index (χ0) is 11.4. The SMILES string of the molecule is Brc1ccc(CNCCCC2CC2)cc1Br. The Morgan fingerprint density at radius 2 is 2.00 bits per heavy atom. The van der Waals surface area contributed by atoms with Crippen LogP contribution in [0.25, 0.3) is 0 Å². The van der Waals surface area contributed by atoms with Gasteiger partial charge in [0.25, 0.3) is 0 Å². The average Bonchev–Trinajstić information content (AvgIpc) is 3.07. The molecule has 1 aromatic carbocycles. The van der Waals surface area contributed by atoms with Crippen LogP contribution >= 0.6 is 31.9 Å². The van der Waals surface area contributed by atoms with Crippen LogP contribution < -0.4 is 5.32 Å². The number of rotatable bonds is 6. The van der Waals surface area contributed by atoms with Gasteiger partial charge in [0, 0.05) is 15.5 Å². The predicted molar refractivity (Wildman–Crippen MR) is 75.5 cm³/mol. The minimum atomic E-state index is 0.969. The zero-order valence-electron chi connectivity index (χ0n) is 9.31. The van der Waals surface area contributed by atoms with E-state index in [2.05, 4.69) is 55.4 Å². The van der Waals surface area contributed by atoms with Gasteiger partial charge < -0.3 is 5.32 Å². The maximum absolute atomic E-state index is 3.52. The fraction of sp³-hybridized carbons (Fsp3) is 0.538. The highest BCUT2D eigenvalue weighted by Crippen LogP contribution is 2.33. The Bertz CT molecular complexity index is 348. The molecule has 0 atom stereocenters. The zero-order valence-corrected chi connectivity index (χ0v) is 12.5. The number of halogens is 2. The van der Waals surface area contributed by atoms with Gasteiger partial charge in [-0.1, -0.05) is 18.9 Å². The highest BCUT2D eigenvalue weighted by atomic mass is 79.9. The van der Waals surface area contributed by atoms with E-state index in [1.54, 1.807) is 0 Å². The molecule has 0 saturated heterocycles. The summed E-state index contributed by atoms with van der Waals surface area (Å²) in [5, 5.41) is 3.50. The lowest BCUT2D eigenvalue weighted by atomic mass is 10.2. The van der Waals surface area contributed by atoms with Crippen molar-refractivity contribution in [3.05, 3.63) is 32.7 Å². The summed E-state index contributed by atoms with van der Waals surface area (Å²) in [5.74, 6) is 1.06. The first kappa shape index (κ1) is 12.6. The Morgan fingerprint density at radius 1 is 1.19 bits per heavy atom. The summed E-state index contributed by atoms with van der Waals surface area (Å²) in [5.41, 5.74) is 1.33. The molecule has 0 unspecified atom stereocenters. The summed E-state index contributed by atoms with van der Waals surface area (Å²) in [7, 11) is 0. The number of nitrogens with one attached hydrogen (secondary N) is 1. The Balaban J connectivity index is 1.65.